The van der Waals surface area contributed by atoms with E-state index in [4.69, 9.17) is 5.11 Å². The predicted molar refractivity (Wildman–Crippen MR) is 72.1 cm³/mol. The van der Waals surface area contributed by atoms with E-state index < -0.39 is 23.5 Å². The van der Waals surface area contributed by atoms with Gasteiger partial charge in [-0.25, -0.2) is 9.59 Å². The molecule has 0 unspecified atom stereocenters. The summed E-state index contributed by atoms with van der Waals surface area (Å²) in [4.78, 5) is 22.8. The summed E-state index contributed by atoms with van der Waals surface area (Å²) >= 11 is 0. The zero-order valence-corrected chi connectivity index (χ0v) is 12.0. The zero-order chi connectivity index (χ0) is 15.2. The number of amides is 2. The number of nitrogens with one attached hydrogen (secondary N) is 2. The van der Waals surface area contributed by atoms with Crippen LogP contribution in [-0.4, -0.2) is 44.7 Å². The van der Waals surface area contributed by atoms with E-state index in [0.29, 0.717) is 19.5 Å². The van der Waals surface area contributed by atoms with Crippen LogP contribution in [0.4, 0.5) is 4.79 Å². The average molecular weight is 283 g/mol. The molecule has 0 aliphatic rings. The summed E-state index contributed by atoms with van der Waals surface area (Å²) in [7, 11) is 0. The Hall–Kier alpha value is -2.12. The second-order valence-corrected chi connectivity index (χ2v) is 5.56. The highest BCUT2D eigenvalue weighted by atomic mass is 16.4. The van der Waals surface area contributed by atoms with Crippen LogP contribution in [0, 0.1) is 5.41 Å². The van der Waals surface area contributed by atoms with Crippen molar-refractivity contribution >= 4 is 12.0 Å². The number of rotatable bonds is 6. The average Bonchev–Trinajstić information content (AvgIpc) is 2.83. The molecule has 1 heterocycles. The fourth-order valence-electron chi connectivity index (χ4n) is 1.63. The Morgan fingerprint density at radius 2 is 2.10 bits per heavy atom. The molecule has 1 atom stereocenters. The van der Waals surface area contributed by atoms with Crippen LogP contribution in [0.1, 0.15) is 27.2 Å². The highest BCUT2D eigenvalue weighted by Gasteiger charge is 2.32. The number of carboxylic acids is 1. The number of nitrogens with zero attached hydrogens (tertiary/aromatic N) is 3. The topological polar surface area (TPSA) is 109 Å². The molecule has 20 heavy (non-hydrogen) atoms. The number of aromatic nitrogens is 3. The third-order valence-corrected chi connectivity index (χ3v) is 2.71. The van der Waals surface area contributed by atoms with Gasteiger partial charge in [0.2, 0.25) is 0 Å². The van der Waals surface area contributed by atoms with Gasteiger partial charge < -0.3 is 15.7 Å². The maximum absolute atomic E-state index is 11.6. The third kappa shape index (κ3) is 5.25. The number of carboxylic acid groups (broad SMARTS) is 1. The maximum atomic E-state index is 11.6. The normalized spacial score (nSPS) is 12.8. The number of urea groups is 1. The third-order valence-electron chi connectivity index (χ3n) is 2.71. The van der Waals surface area contributed by atoms with Crippen molar-refractivity contribution in [1.82, 2.24) is 25.6 Å². The Balaban J connectivity index is 2.30. The van der Waals surface area contributed by atoms with E-state index in [-0.39, 0.29) is 0 Å². The first-order chi connectivity index (χ1) is 9.30. The van der Waals surface area contributed by atoms with Gasteiger partial charge >= 0.3 is 12.0 Å². The van der Waals surface area contributed by atoms with Crippen LogP contribution < -0.4 is 10.6 Å². The summed E-state index contributed by atoms with van der Waals surface area (Å²) < 4.78 is 1.66. The summed E-state index contributed by atoms with van der Waals surface area (Å²) in [6.07, 6.45) is 4.01. The highest BCUT2D eigenvalue weighted by molar-refractivity contribution is 5.83. The molecule has 8 nitrogen and oxygen atoms in total. The molecule has 0 saturated carbocycles. The first-order valence-corrected chi connectivity index (χ1v) is 6.42. The summed E-state index contributed by atoms with van der Waals surface area (Å²) in [6.45, 7) is 6.36. The molecule has 1 aromatic heterocycles. The largest absolute Gasteiger partial charge is 0.480 e. The van der Waals surface area contributed by atoms with Crippen molar-refractivity contribution in [3.8, 4) is 0 Å². The highest BCUT2D eigenvalue weighted by Crippen LogP contribution is 2.19. The van der Waals surface area contributed by atoms with E-state index in [9.17, 15) is 9.59 Å². The molecule has 0 fully saturated rings. The molecule has 1 rings (SSSR count). The van der Waals surface area contributed by atoms with Crippen molar-refractivity contribution < 1.29 is 14.7 Å². The molecule has 8 heteroatoms. The fraction of sp³-hybridized carbons (Fsp3) is 0.667. The standard InChI is InChI=1S/C12H21N5O3/c1-12(2,3)9(10(18)19)15-11(20)13-5-4-7-17-8-6-14-16-17/h6,8-9H,4-5,7H2,1-3H3,(H,18,19)(H2,13,15,20)/t9-/m1/s1. The molecule has 0 spiro atoms. The van der Waals surface area contributed by atoms with E-state index >= 15 is 0 Å². The van der Waals surface area contributed by atoms with Crippen molar-refractivity contribution in [1.29, 1.82) is 0 Å². The minimum atomic E-state index is -1.05. The molecule has 0 aromatic carbocycles. The zero-order valence-electron chi connectivity index (χ0n) is 12.0. The van der Waals surface area contributed by atoms with Crippen molar-refractivity contribution in [2.24, 2.45) is 5.41 Å². The van der Waals surface area contributed by atoms with Gasteiger partial charge in [0.15, 0.2) is 0 Å². The van der Waals surface area contributed by atoms with Crippen molar-refractivity contribution in [2.45, 2.75) is 39.8 Å². The van der Waals surface area contributed by atoms with Crippen LogP contribution in [0.2, 0.25) is 0 Å². The minimum absolute atomic E-state index is 0.433. The molecule has 2 amide bonds. The van der Waals surface area contributed by atoms with Gasteiger partial charge in [0.1, 0.15) is 6.04 Å². The van der Waals surface area contributed by atoms with E-state index in [1.807, 2.05) is 0 Å². The summed E-state index contributed by atoms with van der Waals surface area (Å²) in [6, 6.07) is -1.41. The van der Waals surface area contributed by atoms with Gasteiger partial charge in [0.25, 0.3) is 0 Å². The van der Waals surface area contributed by atoms with Crippen molar-refractivity contribution in [2.75, 3.05) is 6.54 Å². The number of hydrogen-bond acceptors (Lipinski definition) is 4. The number of carbonyl (C=O) groups excluding carboxylic acids is 1. The van der Waals surface area contributed by atoms with E-state index in [1.165, 1.54) is 0 Å². The van der Waals surface area contributed by atoms with E-state index in [0.717, 1.165) is 0 Å². The summed E-state index contributed by atoms with van der Waals surface area (Å²) in [5.74, 6) is -1.05. The van der Waals surface area contributed by atoms with Crippen LogP contribution in [0.15, 0.2) is 12.4 Å². The van der Waals surface area contributed by atoms with Crippen molar-refractivity contribution in [3.63, 3.8) is 0 Å². The van der Waals surface area contributed by atoms with Gasteiger partial charge in [-0.1, -0.05) is 26.0 Å². The van der Waals surface area contributed by atoms with Crippen LogP contribution in [0.3, 0.4) is 0 Å². The van der Waals surface area contributed by atoms with Crippen LogP contribution >= 0.6 is 0 Å². The van der Waals surface area contributed by atoms with Gasteiger partial charge in [0, 0.05) is 19.3 Å². The molecule has 0 radical (unpaired) electrons. The second-order valence-electron chi connectivity index (χ2n) is 5.56. The Bertz CT molecular complexity index is 438. The lowest BCUT2D eigenvalue weighted by atomic mass is 9.87. The molecule has 0 bridgehead atoms. The number of aliphatic carboxylic acids is 1. The van der Waals surface area contributed by atoms with Crippen molar-refractivity contribution in [3.05, 3.63) is 12.4 Å². The fourth-order valence-corrected chi connectivity index (χ4v) is 1.63. The monoisotopic (exact) mass is 283 g/mol. The van der Waals surface area contributed by atoms with Gasteiger partial charge in [-0.15, -0.1) is 5.10 Å². The van der Waals surface area contributed by atoms with Crippen LogP contribution in [0.25, 0.3) is 0 Å². The molecule has 0 aliphatic carbocycles. The molecule has 1 aromatic rings. The molecular weight excluding hydrogens is 262 g/mol. The van der Waals surface area contributed by atoms with Crippen LogP contribution in [0.5, 0.6) is 0 Å². The summed E-state index contributed by atoms with van der Waals surface area (Å²) in [5.41, 5.74) is -0.552. The molecule has 0 aliphatic heterocycles. The smallest absolute Gasteiger partial charge is 0.326 e. The number of carbonyl (C=O) groups is 2. The molecule has 0 saturated heterocycles. The first-order valence-electron chi connectivity index (χ1n) is 6.42. The quantitative estimate of drug-likeness (QED) is 0.657. The maximum Gasteiger partial charge on any atom is 0.326 e. The van der Waals surface area contributed by atoms with Gasteiger partial charge in [-0.3, -0.25) is 4.68 Å². The molecule has 3 N–H and O–H groups in total. The van der Waals surface area contributed by atoms with Gasteiger partial charge in [-0.05, 0) is 11.8 Å². The number of hydrogen-bond donors (Lipinski definition) is 3. The first kappa shape index (κ1) is 15.9. The van der Waals surface area contributed by atoms with E-state index in [2.05, 4.69) is 20.9 Å². The van der Waals surface area contributed by atoms with Gasteiger partial charge in [0.05, 0.1) is 6.20 Å². The number of aryl methyl sites for hydroxylation is 1. The lowest BCUT2D eigenvalue weighted by molar-refractivity contribution is -0.141. The molecular formula is C12H21N5O3. The lowest BCUT2D eigenvalue weighted by Crippen LogP contribution is -2.52. The Kier molecular flexibility index (Phi) is 5.48. The van der Waals surface area contributed by atoms with E-state index in [1.54, 1.807) is 37.8 Å². The molecule has 112 valence electrons. The SMILES string of the molecule is CC(C)(C)[C@H](NC(=O)NCCCn1ccnn1)C(=O)O. The van der Waals surface area contributed by atoms with Crippen LogP contribution in [-0.2, 0) is 11.3 Å². The minimum Gasteiger partial charge on any atom is -0.480 e. The Morgan fingerprint density at radius 1 is 1.40 bits per heavy atom. The second kappa shape index (κ2) is 6.88. The Labute approximate surface area is 117 Å². The summed E-state index contributed by atoms with van der Waals surface area (Å²) in [5, 5.41) is 21.7. The Morgan fingerprint density at radius 3 is 2.60 bits per heavy atom. The lowest BCUT2D eigenvalue weighted by Gasteiger charge is -2.27. The predicted octanol–water partition coefficient (Wildman–Crippen LogP) is 0.467. The van der Waals surface area contributed by atoms with Gasteiger partial charge in [-0.2, -0.15) is 0 Å².